The second-order valence-electron chi connectivity index (χ2n) is 5.93. The number of anilines is 1. The molecule has 0 saturated heterocycles. The molecule has 0 heterocycles. The van der Waals surface area contributed by atoms with E-state index in [0.717, 1.165) is 25.8 Å². The molecule has 29 heavy (non-hydrogen) atoms. The summed E-state index contributed by atoms with van der Waals surface area (Å²) in [7, 11) is 0. The maximum atomic E-state index is 11.8. The molecule has 3 rings (SSSR count). The highest BCUT2D eigenvalue weighted by molar-refractivity contribution is 9.11. The second kappa shape index (κ2) is 10.4. The fourth-order valence-electron chi connectivity index (χ4n) is 2.34. The molecule has 0 aromatic heterocycles. The number of carbonyl (C=O) groups excluding carboxylic acids is 1. The van der Waals surface area contributed by atoms with Gasteiger partial charge in [0.25, 0.3) is 0 Å². The number of carbonyl (C=O) groups is 1. The zero-order valence-corrected chi connectivity index (χ0v) is 19.0. The maximum Gasteiger partial charge on any atom is 0.339 e. The van der Waals surface area contributed by atoms with E-state index in [9.17, 15) is 4.79 Å². The van der Waals surface area contributed by atoms with Gasteiger partial charge in [-0.3, -0.25) is 0 Å². The van der Waals surface area contributed by atoms with Crippen LogP contribution in [0.4, 0.5) is 10.5 Å². The van der Waals surface area contributed by atoms with E-state index < -0.39 is 6.03 Å². The summed E-state index contributed by atoms with van der Waals surface area (Å²) in [6.07, 6.45) is 1.55. The molecule has 0 saturated carbocycles. The van der Waals surface area contributed by atoms with Gasteiger partial charge >= 0.3 is 6.03 Å². The summed E-state index contributed by atoms with van der Waals surface area (Å²) >= 11 is 12.8. The number of urea groups is 1. The van der Waals surface area contributed by atoms with Crippen LogP contribution in [0.5, 0.6) is 5.75 Å². The fourth-order valence-corrected chi connectivity index (χ4v) is 3.69. The van der Waals surface area contributed by atoms with Crippen molar-refractivity contribution in [2.45, 2.75) is 6.61 Å². The first-order valence-electron chi connectivity index (χ1n) is 8.52. The Morgan fingerprint density at radius 2 is 1.86 bits per heavy atom. The van der Waals surface area contributed by atoms with Gasteiger partial charge < -0.3 is 10.1 Å². The molecule has 0 aliphatic carbocycles. The molecule has 148 valence electrons. The van der Waals surface area contributed by atoms with Crippen LogP contribution in [0.15, 0.2) is 80.8 Å². The first-order valence-corrected chi connectivity index (χ1v) is 10.5. The van der Waals surface area contributed by atoms with Crippen molar-refractivity contribution in [1.29, 1.82) is 0 Å². The van der Waals surface area contributed by atoms with E-state index >= 15 is 0 Å². The molecule has 2 amide bonds. The van der Waals surface area contributed by atoms with Gasteiger partial charge in [0.05, 0.1) is 6.21 Å². The number of hydrogen-bond donors (Lipinski definition) is 2. The van der Waals surface area contributed by atoms with E-state index in [1.165, 1.54) is 0 Å². The van der Waals surface area contributed by atoms with Crippen LogP contribution in [0.3, 0.4) is 0 Å². The van der Waals surface area contributed by atoms with Crippen molar-refractivity contribution in [3.05, 3.63) is 91.8 Å². The van der Waals surface area contributed by atoms with Crippen LogP contribution in [0, 0.1) is 0 Å². The Labute approximate surface area is 190 Å². The molecule has 0 radical (unpaired) electrons. The number of rotatable bonds is 6. The summed E-state index contributed by atoms with van der Waals surface area (Å²) in [6.45, 7) is 0.451. The number of halogens is 3. The summed E-state index contributed by atoms with van der Waals surface area (Å²) in [5.41, 5.74) is 4.87. The molecule has 3 aromatic rings. The van der Waals surface area contributed by atoms with Crippen LogP contribution >= 0.6 is 43.5 Å². The van der Waals surface area contributed by atoms with E-state index in [-0.39, 0.29) is 0 Å². The molecule has 8 heteroatoms. The van der Waals surface area contributed by atoms with Gasteiger partial charge in [-0.05, 0) is 60.2 Å². The summed E-state index contributed by atoms with van der Waals surface area (Å²) in [4.78, 5) is 11.8. The Hall–Kier alpha value is -2.35. The Kier molecular flexibility index (Phi) is 7.69. The van der Waals surface area contributed by atoms with E-state index in [0.29, 0.717) is 17.3 Å². The number of nitrogens with one attached hydrogen (secondary N) is 2. The molecule has 0 bridgehead atoms. The third-order valence-corrected chi connectivity index (χ3v) is 5.22. The van der Waals surface area contributed by atoms with Crippen LogP contribution in [0.2, 0.25) is 5.02 Å². The highest BCUT2D eigenvalue weighted by Crippen LogP contribution is 2.23. The lowest BCUT2D eigenvalue weighted by Crippen LogP contribution is -2.24. The van der Waals surface area contributed by atoms with E-state index in [1.807, 2.05) is 42.5 Å². The largest absolute Gasteiger partial charge is 0.489 e. The molecule has 5 nitrogen and oxygen atoms in total. The minimum atomic E-state index is -0.455. The number of hydrogen-bond acceptors (Lipinski definition) is 3. The normalized spacial score (nSPS) is 10.7. The Bertz CT molecular complexity index is 1030. The third kappa shape index (κ3) is 6.88. The van der Waals surface area contributed by atoms with Gasteiger partial charge in [-0.2, -0.15) is 5.10 Å². The first kappa shape index (κ1) is 21.4. The monoisotopic (exact) mass is 535 g/mol. The van der Waals surface area contributed by atoms with E-state index in [4.69, 9.17) is 16.3 Å². The molecular formula is C21H16Br2ClN3O2. The van der Waals surface area contributed by atoms with Crippen LogP contribution in [0.25, 0.3) is 0 Å². The van der Waals surface area contributed by atoms with Crippen molar-refractivity contribution >= 4 is 61.4 Å². The molecule has 0 atom stereocenters. The molecule has 0 aliphatic heterocycles. The topological polar surface area (TPSA) is 62.7 Å². The smallest absolute Gasteiger partial charge is 0.339 e. The fraction of sp³-hybridized carbons (Fsp3) is 0.0476. The summed E-state index contributed by atoms with van der Waals surface area (Å²) < 4.78 is 7.80. The average Bonchev–Trinajstić information content (AvgIpc) is 2.68. The maximum absolute atomic E-state index is 11.8. The molecule has 2 N–H and O–H groups in total. The molecular weight excluding hydrogens is 522 g/mol. The molecule has 0 fully saturated rings. The van der Waals surface area contributed by atoms with Gasteiger partial charge in [-0.25, -0.2) is 10.2 Å². The lowest BCUT2D eigenvalue weighted by atomic mass is 10.2. The van der Waals surface area contributed by atoms with Gasteiger partial charge in [-0.15, -0.1) is 0 Å². The van der Waals surface area contributed by atoms with Crippen LogP contribution in [-0.2, 0) is 6.61 Å². The van der Waals surface area contributed by atoms with Crippen molar-refractivity contribution in [2.75, 3.05) is 5.32 Å². The SMILES string of the molecule is O=C(N/N=C/c1ccc(OCc2ccc(Br)cc2Br)cc1)Nc1cccc(Cl)c1. The third-order valence-electron chi connectivity index (χ3n) is 3.75. The van der Waals surface area contributed by atoms with Crippen molar-refractivity contribution in [3.8, 4) is 5.75 Å². The lowest BCUT2D eigenvalue weighted by molar-refractivity contribution is 0.252. The standard InChI is InChI=1S/C21H16Br2ClN3O2/c22-16-7-6-15(20(23)10-16)13-29-19-8-4-14(5-9-19)12-25-27-21(28)26-18-3-1-2-17(24)11-18/h1-12H,13H2,(H2,26,27,28)/b25-12+. The summed E-state index contributed by atoms with van der Waals surface area (Å²) in [6, 6.07) is 19.8. The van der Waals surface area contributed by atoms with Gasteiger partial charge in [0.15, 0.2) is 0 Å². The van der Waals surface area contributed by atoms with Crippen LogP contribution in [-0.4, -0.2) is 12.2 Å². The van der Waals surface area contributed by atoms with E-state index in [2.05, 4.69) is 47.7 Å². The molecule has 3 aromatic carbocycles. The zero-order valence-electron chi connectivity index (χ0n) is 15.0. The van der Waals surface area contributed by atoms with Crippen molar-refractivity contribution in [3.63, 3.8) is 0 Å². The van der Waals surface area contributed by atoms with Gasteiger partial charge in [0, 0.05) is 25.2 Å². The van der Waals surface area contributed by atoms with Crippen LogP contribution in [0.1, 0.15) is 11.1 Å². The van der Waals surface area contributed by atoms with E-state index in [1.54, 1.807) is 30.5 Å². The summed E-state index contributed by atoms with van der Waals surface area (Å²) in [5, 5.41) is 7.12. The molecule has 0 aliphatic rings. The summed E-state index contributed by atoms with van der Waals surface area (Å²) in [5.74, 6) is 0.739. The predicted octanol–water partition coefficient (Wildman–Crippen LogP) is 6.60. The van der Waals surface area contributed by atoms with Crippen molar-refractivity contribution in [1.82, 2.24) is 5.43 Å². The number of amides is 2. The van der Waals surface area contributed by atoms with Crippen LogP contribution < -0.4 is 15.5 Å². The zero-order chi connectivity index (χ0) is 20.6. The highest BCUT2D eigenvalue weighted by Gasteiger charge is 2.03. The van der Waals surface area contributed by atoms with Gasteiger partial charge in [0.2, 0.25) is 0 Å². The van der Waals surface area contributed by atoms with Gasteiger partial charge in [-0.1, -0.05) is 55.6 Å². The van der Waals surface area contributed by atoms with Gasteiger partial charge in [0.1, 0.15) is 12.4 Å². The number of hydrazone groups is 1. The predicted molar refractivity (Wildman–Crippen MR) is 124 cm³/mol. The van der Waals surface area contributed by atoms with Crippen molar-refractivity contribution < 1.29 is 9.53 Å². The molecule has 0 unspecified atom stereocenters. The Balaban J connectivity index is 1.48. The second-order valence-corrected chi connectivity index (χ2v) is 8.13. The lowest BCUT2D eigenvalue weighted by Gasteiger charge is -2.08. The average molecular weight is 538 g/mol. The Morgan fingerprint density at radius 3 is 2.59 bits per heavy atom. The molecule has 0 spiro atoms. The first-order chi connectivity index (χ1) is 14.0. The Morgan fingerprint density at radius 1 is 1.07 bits per heavy atom. The number of ether oxygens (including phenoxy) is 1. The minimum Gasteiger partial charge on any atom is -0.489 e. The minimum absolute atomic E-state index is 0.451. The number of benzene rings is 3. The highest BCUT2D eigenvalue weighted by atomic mass is 79.9. The quantitative estimate of drug-likeness (QED) is 0.275. The number of nitrogens with zero attached hydrogens (tertiary/aromatic N) is 1. The van der Waals surface area contributed by atoms with Crippen molar-refractivity contribution in [2.24, 2.45) is 5.10 Å².